The van der Waals surface area contributed by atoms with Crippen LogP contribution in [-0.2, 0) is 23.7 Å². The van der Waals surface area contributed by atoms with Gasteiger partial charge in [-0.2, -0.15) is 0 Å². The molecule has 3 heterocycles. The molecule has 1 aromatic carbocycles. The van der Waals surface area contributed by atoms with Gasteiger partial charge >= 0.3 is 5.97 Å². The number of ether oxygens (including phenoxy) is 4. The largest absolute Gasteiger partial charge is 0.479 e. The Morgan fingerprint density at radius 1 is 1.29 bits per heavy atom. The highest BCUT2D eigenvalue weighted by atomic mass is 19.2. The molecule has 5 atom stereocenters. The van der Waals surface area contributed by atoms with Crippen LogP contribution in [0.2, 0.25) is 0 Å². The predicted octanol–water partition coefficient (Wildman–Crippen LogP) is 1.92. The van der Waals surface area contributed by atoms with Gasteiger partial charge in [0, 0.05) is 12.7 Å². The second-order valence-electron chi connectivity index (χ2n) is 7.76. The number of carboxylic acids is 1. The molecule has 0 radical (unpaired) electrons. The second kappa shape index (κ2) is 7.86. The summed E-state index contributed by atoms with van der Waals surface area (Å²) in [5.74, 6) is -6.56. The number of methoxy groups -OCH3 is 1. The standard InChI is InChI=1S/C19H20F3N3O6/c1-19(2)29-7-12-15(31-19)14(16(28-3)17(30-12)18(26)27)25-6-11(23-24-25)8-4-9(20)13(22)10(21)5-8/h4-6,12,14-17H,7H2,1-3H3,(H,26,27)/t12-,14?,15+,16-,17-/m1/s1. The zero-order valence-corrected chi connectivity index (χ0v) is 16.8. The van der Waals surface area contributed by atoms with E-state index in [9.17, 15) is 23.1 Å². The number of carbonyl (C=O) groups is 1. The Kier molecular flexibility index (Phi) is 5.50. The lowest BCUT2D eigenvalue weighted by atomic mass is 9.91. The highest BCUT2D eigenvalue weighted by Gasteiger charge is 2.54. The number of rotatable bonds is 4. The van der Waals surface area contributed by atoms with Crippen molar-refractivity contribution in [2.45, 2.75) is 50.1 Å². The van der Waals surface area contributed by atoms with Crippen molar-refractivity contribution in [3.8, 4) is 11.3 Å². The van der Waals surface area contributed by atoms with Gasteiger partial charge in [0.05, 0.1) is 12.8 Å². The van der Waals surface area contributed by atoms with E-state index < -0.39 is 59.7 Å². The summed E-state index contributed by atoms with van der Waals surface area (Å²) >= 11 is 0. The topological polar surface area (TPSA) is 105 Å². The second-order valence-corrected chi connectivity index (χ2v) is 7.76. The van der Waals surface area contributed by atoms with E-state index in [1.165, 1.54) is 18.0 Å². The smallest absolute Gasteiger partial charge is 0.335 e. The number of nitrogens with zero attached hydrogens (tertiary/aromatic N) is 3. The SMILES string of the molecule is CO[C@@H]1C(n2cc(-c3cc(F)c(F)c(F)c3)nn2)[C@H]2OC(C)(C)OC[C@H]2O[C@H]1C(=O)O. The van der Waals surface area contributed by atoms with E-state index in [0.717, 1.165) is 12.1 Å². The number of hydrogen-bond acceptors (Lipinski definition) is 7. The van der Waals surface area contributed by atoms with E-state index in [0.29, 0.717) is 0 Å². The molecule has 0 amide bonds. The minimum atomic E-state index is -1.59. The van der Waals surface area contributed by atoms with E-state index in [-0.39, 0.29) is 17.9 Å². The Balaban J connectivity index is 1.75. The molecule has 2 fully saturated rings. The van der Waals surface area contributed by atoms with Crippen molar-refractivity contribution in [2.24, 2.45) is 0 Å². The van der Waals surface area contributed by atoms with E-state index in [1.807, 2.05) is 0 Å². The number of hydrogen-bond donors (Lipinski definition) is 1. The minimum Gasteiger partial charge on any atom is -0.479 e. The normalized spacial score (nSPS) is 30.1. The molecule has 12 heteroatoms. The van der Waals surface area contributed by atoms with E-state index in [1.54, 1.807) is 13.8 Å². The Morgan fingerprint density at radius 3 is 2.58 bits per heavy atom. The average molecular weight is 443 g/mol. The quantitative estimate of drug-likeness (QED) is 0.715. The average Bonchev–Trinajstić information content (AvgIpc) is 3.19. The number of aromatic nitrogens is 3. The molecule has 2 aliphatic rings. The Labute approximate surface area is 174 Å². The van der Waals surface area contributed by atoms with Crippen molar-refractivity contribution >= 4 is 5.97 Å². The highest BCUT2D eigenvalue weighted by molar-refractivity contribution is 5.73. The maximum atomic E-state index is 13.6. The molecule has 1 unspecified atom stereocenters. The number of fused-ring (bicyclic) bond motifs is 1. The number of benzene rings is 1. The Bertz CT molecular complexity index is 977. The molecule has 2 aromatic rings. The molecule has 0 saturated carbocycles. The third-order valence-corrected chi connectivity index (χ3v) is 5.29. The Morgan fingerprint density at radius 2 is 1.97 bits per heavy atom. The van der Waals surface area contributed by atoms with Gasteiger partial charge < -0.3 is 24.1 Å². The first kappa shape index (κ1) is 21.7. The Hall–Kier alpha value is -2.54. The molecular weight excluding hydrogens is 423 g/mol. The van der Waals surface area contributed by atoms with Crippen molar-refractivity contribution in [1.29, 1.82) is 0 Å². The van der Waals surface area contributed by atoms with Crippen molar-refractivity contribution in [2.75, 3.05) is 13.7 Å². The van der Waals surface area contributed by atoms with Gasteiger partial charge in [-0.3, -0.25) is 0 Å². The zero-order chi connectivity index (χ0) is 22.5. The zero-order valence-electron chi connectivity index (χ0n) is 16.8. The summed E-state index contributed by atoms with van der Waals surface area (Å²) < 4.78 is 64.6. The maximum Gasteiger partial charge on any atom is 0.335 e. The van der Waals surface area contributed by atoms with Crippen molar-refractivity contribution in [3.05, 3.63) is 35.8 Å². The van der Waals surface area contributed by atoms with E-state index in [4.69, 9.17) is 18.9 Å². The molecule has 1 aromatic heterocycles. The summed E-state index contributed by atoms with van der Waals surface area (Å²) in [5.41, 5.74) is 0.0112. The highest BCUT2D eigenvalue weighted by Crippen LogP contribution is 2.39. The first-order valence-electron chi connectivity index (χ1n) is 9.41. The molecule has 0 aliphatic carbocycles. The van der Waals surface area contributed by atoms with Gasteiger partial charge in [-0.05, 0) is 26.0 Å². The first-order chi connectivity index (χ1) is 14.6. The molecule has 2 aliphatic heterocycles. The van der Waals surface area contributed by atoms with Gasteiger partial charge in [0.25, 0.3) is 0 Å². The molecule has 9 nitrogen and oxygen atoms in total. The summed E-state index contributed by atoms with van der Waals surface area (Å²) in [4.78, 5) is 11.8. The molecule has 2 saturated heterocycles. The molecule has 1 N–H and O–H groups in total. The molecule has 4 rings (SSSR count). The van der Waals surface area contributed by atoms with Crippen LogP contribution in [0, 0.1) is 17.5 Å². The minimum absolute atomic E-state index is 0.0387. The van der Waals surface area contributed by atoms with Crippen LogP contribution in [-0.4, -0.2) is 70.0 Å². The van der Waals surface area contributed by atoms with Gasteiger partial charge in [0.2, 0.25) is 0 Å². The van der Waals surface area contributed by atoms with Crippen LogP contribution in [0.4, 0.5) is 13.2 Å². The summed E-state index contributed by atoms with van der Waals surface area (Å²) in [6, 6.07) is 0.771. The van der Waals surface area contributed by atoms with Crippen LogP contribution in [0.3, 0.4) is 0 Å². The molecule has 168 valence electrons. The maximum absolute atomic E-state index is 13.6. The fourth-order valence-corrected chi connectivity index (χ4v) is 3.87. The lowest BCUT2D eigenvalue weighted by Crippen LogP contribution is -2.64. The van der Waals surface area contributed by atoms with Crippen LogP contribution in [0.25, 0.3) is 11.3 Å². The number of aliphatic carboxylic acids is 1. The van der Waals surface area contributed by atoms with Crippen LogP contribution >= 0.6 is 0 Å². The monoisotopic (exact) mass is 443 g/mol. The third-order valence-electron chi connectivity index (χ3n) is 5.29. The third kappa shape index (κ3) is 3.91. The number of halogens is 3. The van der Waals surface area contributed by atoms with Gasteiger partial charge in [0.1, 0.15) is 30.0 Å². The van der Waals surface area contributed by atoms with Crippen LogP contribution < -0.4 is 0 Å². The number of carboxylic acid groups (broad SMARTS) is 1. The molecule has 31 heavy (non-hydrogen) atoms. The molecular formula is C19H20F3N3O6. The van der Waals surface area contributed by atoms with Crippen LogP contribution in [0.15, 0.2) is 18.3 Å². The van der Waals surface area contributed by atoms with Crippen molar-refractivity contribution in [3.63, 3.8) is 0 Å². The summed E-state index contributed by atoms with van der Waals surface area (Å²) in [5, 5.41) is 17.5. The van der Waals surface area contributed by atoms with Gasteiger partial charge in [-0.1, -0.05) is 5.21 Å². The van der Waals surface area contributed by atoms with Gasteiger partial charge in [0.15, 0.2) is 29.3 Å². The van der Waals surface area contributed by atoms with Gasteiger partial charge in [-0.25, -0.2) is 22.6 Å². The molecule has 0 spiro atoms. The molecule has 0 bridgehead atoms. The fraction of sp³-hybridized carbons (Fsp3) is 0.526. The van der Waals surface area contributed by atoms with Crippen LogP contribution in [0.1, 0.15) is 19.9 Å². The van der Waals surface area contributed by atoms with E-state index >= 15 is 0 Å². The lowest BCUT2D eigenvalue weighted by Gasteiger charge is -2.50. The van der Waals surface area contributed by atoms with Crippen molar-refractivity contribution < 1.29 is 42.0 Å². The lowest BCUT2D eigenvalue weighted by molar-refractivity contribution is -0.347. The van der Waals surface area contributed by atoms with Crippen LogP contribution in [0.5, 0.6) is 0 Å². The summed E-state index contributed by atoms with van der Waals surface area (Å²) in [6.07, 6.45) is -2.48. The summed E-state index contributed by atoms with van der Waals surface area (Å²) in [7, 11) is 1.32. The first-order valence-corrected chi connectivity index (χ1v) is 9.41. The van der Waals surface area contributed by atoms with Gasteiger partial charge in [-0.15, -0.1) is 5.10 Å². The van der Waals surface area contributed by atoms with E-state index in [2.05, 4.69) is 10.3 Å². The summed E-state index contributed by atoms with van der Waals surface area (Å²) in [6.45, 7) is 3.47. The fourth-order valence-electron chi connectivity index (χ4n) is 3.87. The van der Waals surface area contributed by atoms with Crippen molar-refractivity contribution in [1.82, 2.24) is 15.0 Å². The predicted molar refractivity (Wildman–Crippen MR) is 96.4 cm³/mol.